The Balaban J connectivity index is 2.23. The lowest BCUT2D eigenvalue weighted by Gasteiger charge is -2.22. The number of hydrogen-bond donors (Lipinski definition) is 2. The molecule has 0 fully saturated rings. The predicted molar refractivity (Wildman–Crippen MR) is 128 cm³/mol. The van der Waals surface area contributed by atoms with Gasteiger partial charge in [0.2, 0.25) is 0 Å². The van der Waals surface area contributed by atoms with Crippen LogP contribution in [0.1, 0.15) is 98.8 Å². The van der Waals surface area contributed by atoms with E-state index >= 15 is 0 Å². The SMILES string of the molecule is CC(C)=CCC/C(C)=C\CC/C(C)=C/CC/C=C(\C)CCC1CCCN=C1NO. The highest BCUT2D eigenvalue weighted by Gasteiger charge is 2.18. The lowest BCUT2D eigenvalue weighted by atomic mass is 9.92. The van der Waals surface area contributed by atoms with Gasteiger partial charge in [-0.2, -0.15) is 0 Å². The van der Waals surface area contributed by atoms with Gasteiger partial charge in [-0.3, -0.25) is 15.7 Å². The van der Waals surface area contributed by atoms with Crippen LogP contribution in [-0.4, -0.2) is 17.6 Å². The second-order valence-corrected chi connectivity index (χ2v) is 8.84. The van der Waals surface area contributed by atoms with Crippen molar-refractivity contribution in [3.8, 4) is 0 Å². The van der Waals surface area contributed by atoms with Crippen molar-refractivity contribution in [2.75, 3.05) is 6.54 Å². The van der Waals surface area contributed by atoms with Crippen LogP contribution in [0.25, 0.3) is 0 Å². The van der Waals surface area contributed by atoms with Gasteiger partial charge in [0.25, 0.3) is 0 Å². The van der Waals surface area contributed by atoms with Gasteiger partial charge in [0.05, 0.1) is 0 Å². The van der Waals surface area contributed by atoms with Gasteiger partial charge >= 0.3 is 0 Å². The van der Waals surface area contributed by atoms with Gasteiger partial charge < -0.3 is 0 Å². The highest BCUT2D eigenvalue weighted by Crippen LogP contribution is 2.21. The summed E-state index contributed by atoms with van der Waals surface area (Å²) in [6.45, 7) is 11.9. The van der Waals surface area contributed by atoms with E-state index in [4.69, 9.17) is 0 Å². The molecular weight excluding hydrogens is 356 g/mol. The van der Waals surface area contributed by atoms with Crippen LogP contribution in [-0.2, 0) is 0 Å². The smallest absolute Gasteiger partial charge is 0.123 e. The molecule has 0 aromatic rings. The Labute approximate surface area is 179 Å². The van der Waals surface area contributed by atoms with E-state index in [1.54, 1.807) is 0 Å². The van der Waals surface area contributed by atoms with E-state index < -0.39 is 0 Å². The average molecular weight is 401 g/mol. The van der Waals surface area contributed by atoms with Gasteiger partial charge in [0.1, 0.15) is 5.84 Å². The van der Waals surface area contributed by atoms with Gasteiger partial charge in [-0.15, -0.1) is 0 Å². The monoisotopic (exact) mass is 400 g/mol. The van der Waals surface area contributed by atoms with Crippen LogP contribution in [0.15, 0.2) is 51.6 Å². The van der Waals surface area contributed by atoms with Gasteiger partial charge in [-0.1, -0.05) is 46.6 Å². The Hall–Kier alpha value is -1.61. The van der Waals surface area contributed by atoms with E-state index in [1.807, 2.05) is 0 Å². The highest BCUT2D eigenvalue weighted by atomic mass is 16.5. The van der Waals surface area contributed by atoms with E-state index in [2.05, 4.69) is 69.4 Å². The second kappa shape index (κ2) is 15.3. The molecule has 0 spiro atoms. The number of allylic oxidation sites excluding steroid dienone is 8. The lowest BCUT2D eigenvalue weighted by molar-refractivity contribution is 0.222. The standard InChI is InChI=1S/C26H44N2O/c1-21(2)11-8-14-23(4)16-9-15-22(3)12-6-7-13-24(5)18-19-25-17-10-20-27-26(25)28-29/h11-13,16,25,29H,6-10,14-15,17-20H2,1-5H3,(H,27,28)/b22-12+,23-16-,24-13+. The Bertz CT molecular complexity index is 619. The summed E-state index contributed by atoms with van der Waals surface area (Å²) in [5.74, 6) is 1.17. The largest absolute Gasteiger partial charge is 0.290 e. The molecule has 0 aliphatic carbocycles. The van der Waals surface area contributed by atoms with Crippen molar-refractivity contribution >= 4 is 5.84 Å². The van der Waals surface area contributed by atoms with Crippen LogP contribution in [0.4, 0.5) is 0 Å². The number of unbranched alkanes of at least 4 members (excludes halogenated alkanes) is 1. The fraction of sp³-hybridized carbons (Fsp3) is 0.654. The van der Waals surface area contributed by atoms with E-state index in [0.717, 1.165) is 63.7 Å². The Morgan fingerprint density at radius 3 is 2.00 bits per heavy atom. The zero-order valence-electron chi connectivity index (χ0n) is 19.6. The molecule has 1 unspecified atom stereocenters. The summed E-state index contributed by atoms with van der Waals surface area (Å²) < 4.78 is 0. The van der Waals surface area contributed by atoms with Crippen molar-refractivity contribution in [3.63, 3.8) is 0 Å². The number of hydrogen-bond acceptors (Lipinski definition) is 3. The quantitative estimate of drug-likeness (QED) is 0.200. The first kappa shape index (κ1) is 25.4. The van der Waals surface area contributed by atoms with Crippen LogP contribution in [0.5, 0.6) is 0 Å². The molecule has 0 saturated heterocycles. The third-order valence-electron chi connectivity index (χ3n) is 5.66. The Morgan fingerprint density at radius 1 is 0.862 bits per heavy atom. The van der Waals surface area contributed by atoms with Crippen LogP contribution in [0, 0.1) is 5.92 Å². The molecule has 1 aliphatic rings. The maximum atomic E-state index is 9.19. The lowest BCUT2D eigenvalue weighted by Crippen LogP contribution is -2.31. The maximum absolute atomic E-state index is 9.19. The zero-order chi connectivity index (χ0) is 21.5. The fourth-order valence-electron chi connectivity index (χ4n) is 3.71. The molecule has 3 heteroatoms. The van der Waals surface area contributed by atoms with Gasteiger partial charge in [0.15, 0.2) is 0 Å². The number of rotatable bonds is 12. The van der Waals surface area contributed by atoms with E-state index in [1.165, 1.54) is 35.1 Å². The molecule has 29 heavy (non-hydrogen) atoms. The van der Waals surface area contributed by atoms with Crippen LogP contribution in [0.3, 0.4) is 0 Å². The minimum absolute atomic E-state index is 0.387. The Kier molecular flexibility index (Phi) is 13.4. The highest BCUT2D eigenvalue weighted by molar-refractivity contribution is 5.84. The summed E-state index contributed by atoms with van der Waals surface area (Å²) in [6.07, 6.45) is 20.8. The summed E-state index contributed by atoms with van der Waals surface area (Å²) in [6, 6.07) is 0. The Morgan fingerprint density at radius 2 is 1.41 bits per heavy atom. The summed E-state index contributed by atoms with van der Waals surface area (Å²) in [5.41, 5.74) is 8.17. The molecule has 3 nitrogen and oxygen atoms in total. The molecule has 1 atom stereocenters. The predicted octanol–water partition coefficient (Wildman–Crippen LogP) is 7.70. The first-order chi connectivity index (χ1) is 13.9. The summed E-state index contributed by atoms with van der Waals surface area (Å²) in [4.78, 5) is 4.38. The van der Waals surface area contributed by atoms with Gasteiger partial charge in [-0.05, 0) is 98.8 Å². The molecule has 0 radical (unpaired) electrons. The van der Waals surface area contributed by atoms with Crippen molar-refractivity contribution in [1.82, 2.24) is 5.48 Å². The first-order valence-corrected chi connectivity index (χ1v) is 11.5. The van der Waals surface area contributed by atoms with Crippen molar-refractivity contribution < 1.29 is 5.21 Å². The maximum Gasteiger partial charge on any atom is 0.123 e. The summed E-state index contributed by atoms with van der Waals surface area (Å²) >= 11 is 0. The molecule has 2 N–H and O–H groups in total. The van der Waals surface area contributed by atoms with Crippen molar-refractivity contribution in [2.45, 2.75) is 98.8 Å². The van der Waals surface area contributed by atoms with E-state index in [0.29, 0.717) is 5.92 Å². The molecule has 0 saturated carbocycles. The summed E-state index contributed by atoms with van der Waals surface area (Å²) in [7, 11) is 0. The topological polar surface area (TPSA) is 44.6 Å². The van der Waals surface area contributed by atoms with Crippen molar-refractivity contribution in [1.29, 1.82) is 0 Å². The number of hydroxylamine groups is 1. The zero-order valence-corrected chi connectivity index (χ0v) is 19.6. The average Bonchev–Trinajstić information content (AvgIpc) is 2.69. The molecule has 164 valence electrons. The van der Waals surface area contributed by atoms with Crippen molar-refractivity contribution in [2.24, 2.45) is 10.9 Å². The van der Waals surface area contributed by atoms with Gasteiger partial charge in [0, 0.05) is 12.5 Å². The van der Waals surface area contributed by atoms with Crippen molar-refractivity contribution in [3.05, 3.63) is 46.6 Å². The molecule has 0 amide bonds. The molecule has 1 heterocycles. The van der Waals surface area contributed by atoms with E-state index in [9.17, 15) is 5.21 Å². The number of aliphatic imine (C=N–C) groups is 1. The third kappa shape index (κ3) is 12.5. The molecule has 0 aromatic heterocycles. The molecular formula is C26H44N2O. The number of nitrogens with zero attached hydrogens (tertiary/aromatic N) is 1. The summed E-state index contributed by atoms with van der Waals surface area (Å²) in [5, 5.41) is 9.19. The van der Waals surface area contributed by atoms with Crippen LogP contribution in [0.2, 0.25) is 0 Å². The van der Waals surface area contributed by atoms with Crippen LogP contribution >= 0.6 is 0 Å². The molecule has 1 aliphatic heterocycles. The fourth-order valence-corrected chi connectivity index (χ4v) is 3.71. The molecule has 1 rings (SSSR count). The van der Waals surface area contributed by atoms with Gasteiger partial charge in [-0.25, -0.2) is 0 Å². The first-order valence-electron chi connectivity index (χ1n) is 11.5. The number of amidine groups is 1. The third-order valence-corrected chi connectivity index (χ3v) is 5.66. The molecule has 0 bridgehead atoms. The van der Waals surface area contributed by atoms with E-state index in [-0.39, 0.29) is 0 Å². The normalized spacial score (nSPS) is 18.5. The minimum atomic E-state index is 0.387. The minimum Gasteiger partial charge on any atom is -0.290 e. The second-order valence-electron chi connectivity index (χ2n) is 8.84. The number of nitrogens with one attached hydrogen (secondary N) is 1. The molecule has 0 aromatic carbocycles. The van der Waals surface area contributed by atoms with Crippen LogP contribution < -0.4 is 5.48 Å².